The fraction of sp³-hybridized carbons (Fsp3) is 0.560. The number of carbonyl (C=O) groups is 1. The van der Waals surface area contributed by atoms with Crippen LogP contribution >= 0.6 is 12.2 Å². The van der Waals surface area contributed by atoms with Crippen molar-refractivity contribution in [3.63, 3.8) is 0 Å². The van der Waals surface area contributed by atoms with Crippen LogP contribution in [0.3, 0.4) is 0 Å². The van der Waals surface area contributed by atoms with Crippen LogP contribution in [0.4, 0.5) is 11.5 Å². The van der Waals surface area contributed by atoms with Crippen LogP contribution < -0.4 is 15.4 Å². The summed E-state index contributed by atoms with van der Waals surface area (Å²) in [4.78, 5) is 12.2. The lowest BCUT2D eigenvalue weighted by atomic mass is 10.1. The van der Waals surface area contributed by atoms with Gasteiger partial charge in [-0.25, -0.2) is 8.42 Å². The summed E-state index contributed by atoms with van der Waals surface area (Å²) in [7, 11) is -3.79. The number of nitrogens with one attached hydrogen (secondary N) is 3. The maximum Gasteiger partial charge on any atom is 0.263 e. The Kier molecular flexibility index (Phi) is 12.8. The molecule has 1 amide bonds. The molecule has 0 fully saturated rings. The molecule has 0 spiro atoms. The number of thiocarbonyl (C=S) groups is 1. The standard InChI is InChI=1S/C25H38N4O4S2/c1-3-4-5-6-7-8-9-10-11-12-13-14-24(30)27-25(34)26-21-15-17-22(18-16-21)35(31,32)29-23-19-20(2)33-28-23/h15-19H,3-14H2,1-2H3,(H,28,29)(H2,26,27,30,34). The van der Waals surface area contributed by atoms with E-state index in [1.54, 1.807) is 19.1 Å². The van der Waals surface area contributed by atoms with Gasteiger partial charge in [-0.2, -0.15) is 0 Å². The monoisotopic (exact) mass is 522 g/mol. The Morgan fingerprint density at radius 3 is 2.06 bits per heavy atom. The lowest BCUT2D eigenvalue weighted by Gasteiger charge is -2.10. The van der Waals surface area contributed by atoms with E-state index >= 15 is 0 Å². The summed E-state index contributed by atoms with van der Waals surface area (Å²) in [6, 6.07) is 7.52. The van der Waals surface area contributed by atoms with E-state index in [-0.39, 0.29) is 21.7 Å². The average Bonchev–Trinajstić information content (AvgIpc) is 3.21. The maximum absolute atomic E-state index is 12.4. The highest BCUT2D eigenvalue weighted by molar-refractivity contribution is 7.92. The van der Waals surface area contributed by atoms with Crippen molar-refractivity contribution < 1.29 is 17.7 Å². The molecular weight excluding hydrogens is 484 g/mol. The van der Waals surface area contributed by atoms with Crippen LogP contribution in [0.15, 0.2) is 39.8 Å². The van der Waals surface area contributed by atoms with Gasteiger partial charge < -0.3 is 15.2 Å². The van der Waals surface area contributed by atoms with Crippen LogP contribution in [0.1, 0.15) is 89.7 Å². The molecule has 2 aromatic rings. The second kappa shape index (κ2) is 15.5. The largest absolute Gasteiger partial charge is 0.360 e. The number of unbranched alkanes of at least 4 members (excludes halogenated alkanes) is 10. The number of carbonyl (C=O) groups excluding carboxylic acids is 1. The van der Waals surface area contributed by atoms with Crippen LogP contribution in [0.25, 0.3) is 0 Å². The van der Waals surface area contributed by atoms with Crippen molar-refractivity contribution in [1.29, 1.82) is 0 Å². The summed E-state index contributed by atoms with van der Waals surface area (Å²) >= 11 is 5.20. The van der Waals surface area contributed by atoms with E-state index in [0.29, 0.717) is 17.9 Å². The second-order valence-electron chi connectivity index (χ2n) is 8.74. The Morgan fingerprint density at radius 1 is 0.943 bits per heavy atom. The molecule has 0 saturated carbocycles. The highest BCUT2D eigenvalue weighted by Crippen LogP contribution is 2.18. The van der Waals surface area contributed by atoms with Gasteiger partial charge in [-0.1, -0.05) is 76.3 Å². The Hall–Kier alpha value is -2.46. The van der Waals surface area contributed by atoms with E-state index in [4.69, 9.17) is 16.7 Å². The molecule has 0 aliphatic heterocycles. The fourth-order valence-electron chi connectivity index (χ4n) is 3.63. The number of nitrogens with zero attached hydrogens (tertiary/aromatic N) is 1. The van der Waals surface area contributed by atoms with Gasteiger partial charge in [-0.15, -0.1) is 0 Å². The molecule has 194 valence electrons. The van der Waals surface area contributed by atoms with Crippen LogP contribution in [0.2, 0.25) is 0 Å². The van der Waals surface area contributed by atoms with Crippen LogP contribution in [-0.2, 0) is 14.8 Å². The van der Waals surface area contributed by atoms with E-state index in [0.717, 1.165) is 19.3 Å². The van der Waals surface area contributed by atoms with Gasteiger partial charge in [0.15, 0.2) is 10.9 Å². The normalized spacial score (nSPS) is 11.3. The van der Waals surface area contributed by atoms with E-state index < -0.39 is 10.0 Å². The van der Waals surface area contributed by atoms with Crippen molar-refractivity contribution in [2.75, 3.05) is 10.0 Å². The third kappa shape index (κ3) is 11.7. The first-order valence-corrected chi connectivity index (χ1v) is 14.4. The zero-order valence-corrected chi connectivity index (χ0v) is 22.4. The number of benzene rings is 1. The SMILES string of the molecule is CCCCCCCCCCCCCC(=O)NC(=S)Nc1ccc(S(=O)(=O)Nc2cc(C)on2)cc1. The minimum absolute atomic E-state index is 0.0650. The van der Waals surface area contributed by atoms with Crippen LogP contribution in [0, 0.1) is 6.92 Å². The lowest BCUT2D eigenvalue weighted by Crippen LogP contribution is -2.33. The lowest BCUT2D eigenvalue weighted by molar-refractivity contribution is -0.119. The number of amides is 1. The molecule has 1 aromatic carbocycles. The summed E-state index contributed by atoms with van der Waals surface area (Å²) in [5, 5.41) is 9.40. The van der Waals surface area contributed by atoms with Gasteiger partial charge in [0.2, 0.25) is 5.91 Å². The minimum Gasteiger partial charge on any atom is -0.360 e. The minimum atomic E-state index is -3.79. The predicted molar refractivity (Wildman–Crippen MR) is 144 cm³/mol. The summed E-state index contributed by atoms with van der Waals surface area (Å²) in [5.41, 5.74) is 0.571. The van der Waals surface area contributed by atoms with Crippen molar-refractivity contribution in [2.45, 2.75) is 95.8 Å². The van der Waals surface area contributed by atoms with Crippen molar-refractivity contribution >= 4 is 44.8 Å². The third-order valence-corrected chi connectivity index (χ3v) is 7.12. The molecule has 3 N–H and O–H groups in total. The van der Waals surface area contributed by atoms with E-state index in [9.17, 15) is 13.2 Å². The fourth-order valence-corrected chi connectivity index (χ4v) is 4.85. The molecule has 0 radical (unpaired) electrons. The quantitative estimate of drug-likeness (QED) is 0.175. The zero-order valence-electron chi connectivity index (χ0n) is 20.8. The van der Waals surface area contributed by atoms with E-state index in [1.807, 2.05) is 0 Å². The molecule has 10 heteroatoms. The Labute approximate surface area is 214 Å². The van der Waals surface area contributed by atoms with Gasteiger partial charge >= 0.3 is 0 Å². The maximum atomic E-state index is 12.4. The Bertz CT molecular complexity index is 1020. The van der Waals surface area contributed by atoms with Gasteiger partial charge in [-0.3, -0.25) is 9.52 Å². The number of rotatable bonds is 16. The molecule has 0 atom stereocenters. The number of aryl methyl sites for hydroxylation is 1. The number of hydrogen-bond donors (Lipinski definition) is 3. The average molecular weight is 523 g/mol. The highest BCUT2D eigenvalue weighted by atomic mass is 32.2. The molecule has 35 heavy (non-hydrogen) atoms. The Balaban J connectivity index is 1.61. The zero-order chi connectivity index (χ0) is 25.5. The molecule has 0 aliphatic carbocycles. The molecule has 0 bridgehead atoms. The van der Waals surface area contributed by atoms with E-state index in [1.165, 1.54) is 69.6 Å². The molecule has 0 aliphatic rings. The smallest absolute Gasteiger partial charge is 0.263 e. The molecule has 1 aromatic heterocycles. The first-order chi connectivity index (χ1) is 16.8. The van der Waals surface area contributed by atoms with Gasteiger partial charge in [0.25, 0.3) is 10.0 Å². The number of sulfonamides is 1. The van der Waals surface area contributed by atoms with Crippen LogP contribution in [0.5, 0.6) is 0 Å². The van der Waals surface area contributed by atoms with Crippen molar-refractivity contribution in [2.24, 2.45) is 0 Å². The van der Waals surface area contributed by atoms with Gasteiger partial charge in [0.05, 0.1) is 4.90 Å². The summed E-state index contributed by atoms with van der Waals surface area (Å²) in [6.45, 7) is 3.91. The molecule has 8 nitrogen and oxygen atoms in total. The second-order valence-corrected chi connectivity index (χ2v) is 10.8. The summed E-state index contributed by atoms with van der Waals surface area (Å²) < 4.78 is 32.1. The molecule has 1 heterocycles. The molecule has 2 rings (SSSR count). The van der Waals surface area contributed by atoms with Gasteiger partial charge in [0.1, 0.15) is 5.76 Å². The summed E-state index contributed by atoms with van der Waals surface area (Å²) in [5.74, 6) is 0.498. The molecule has 0 saturated heterocycles. The predicted octanol–water partition coefficient (Wildman–Crippen LogP) is 6.30. The number of aromatic nitrogens is 1. The first-order valence-electron chi connectivity index (χ1n) is 12.5. The van der Waals surface area contributed by atoms with Crippen molar-refractivity contribution in [3.05, 3.63) is 36.1 Å². The first kappa shape index (κ1) is 28.8. The van der Waals surface area contributed by atoms with Crippen molar-refractivity contribution in [1.82, 2.24) is 10.5 Å². The highest BCUT2D eigenvalue weighted by Gasteiger charge is 2.16. The van der Waals surface area contributed by atoms with Crippen molar-refractivity contribution in [3.8, 4) is 0 Å². The summed E-state index contributed by atoms with van der Waals surface area (Å²) in [6.07, 6.45) is 14.0. The topological polar surface area (TPSA) is 113 Å². The van der Waals surface area contributed by atoms with Gasteiger partial charge in [0, 0.05) is 18.2 Å². The third-order valence-electron chi connectivity index (χ3n) is 5.55. The molecule has 0 unspecified atom stereocenters. The van der Waals surface area contributed by atoms with Gasteiger partial charge in [-0.05, 0) is 49.8 Å². The number of anilines is 2. The van der Waals surface area contributed by atoms with E-state index in [2.05, 4.69) is 27.4 Å². The number of hydrogen-bond acceptors (Lipinski definition) is 6. The molecular formula is C25H38N4O4S2. The van der Waals surface area contributed by atoms with Crippen LogP contribution in [-0.4, -0.2) is 24.6 Å². The Morgan fingerprint density at radius 2 is 1.51 bits per heavy atom.